The number of rotatable bonds is 10. The lowest BCUT2D eigenvalue weighted by molar-refractivity contribution is -0.160. The molecule has 5 atom stereocenters. The number of fused-ring (bicyclic) bond motifs is 2. The molecule has 0 radical (unpaired) electrons. The van der Waals surface area contributed by atoms with Crippen molar-refractivity contribution in [2.45, 2.75) is 75.7 Å². The molecule has 2 aliphatic heterocycles. The maximum atomic E-state index is 12.5. The second kappa shape index (κ2) is 12.3. The molecule has 0 aliphatic carbocycles. The van der Waals surface area contributed by atoms with Gasteiger partial charge in [-0.3, -0.25) is 9.69 Å². The van der Waals surface area contributed by atoms with Crippen LogP contribution in [-0.2, 0) is 19.9 Å². The molecular formula is C34H41NO7. The van der Waals surface area contributed by atoms with E-state index in [4.69, 9.17) is 23.7 Å². The maximum Gasteiger partial charge on any atom is 0.303 e. The second-order valence-corrected chi connectivity index (χ2v) is 11.3. The molecule has 2 aliphatic rings. The fourth-order valence-electron chi connectivity index (χ4n) is 6.82. The molecule has 0 saturated carbocycles. The van der Waals surface area contributed by atoms with Crippen LogP contribution in [0, 0.1) is 0 Å². The van der Waals surface area contributed by atoms with Crippen LogP contribution in [0.15, 0.2) is 72.8 Å². The van der Waals surface area contributed by atoms with Gasteiger partial charge in [0.2, 0.25) is 0 Å². The van der Waals surface area contributed by atoms with Crippen LogP contribution in [0.4, 0.5) is 0 Å². The van der Waals surface area contributed by atoms with Crippen LogP contribution >= 0.6 is 0 Å². The summed E-state index contributed by atoms with van der Waals surface area (Å²) in [5.74, 6) is 1.80. The molecule has 2 saturated heterocycles. The van der Waals surface area contributed by atoms with Gasteiger partial charge in [-0.25, -0.2) is 0 Å². The van der Waals surface area contributed by atoms with Crippen molar-refractivity contribution in [1.29, 1.82) is 0 Å². The topological polar surface area (TPSA) is 86.7 Å². The molecule has 8 heteroatoms. The van der Waals surface area contributed by atoms with E-state index in [-0.39, 0.29) is 24.1 Å². The standard InChI is InChI=1S/C34H41NO7/c1-21(2)35-30-19-26(37)20-31(35)33(32(30)41-22(3)36)42-34(23-7-13-27(38-4)14-8-23,24-9-15-28(39-5)16-10-24)25-11-17-29(40-6)18-12-25/h7-18,21,26,30-33,37H,19-20H2,1-6H3/t26?,30-,31+,32-,33+/m0/s1. The second-order valence-electron chi connectivity index (χ2n) is 11.3. The normalized spacial score (nSPS) is 24.0. The van der Waals surface area contributed by atoms with E-state index in [0.717, 1.165) is 33.9 Å². The first-order valence-corrected chi connectivity index (χ1v) is 14.5. The van der Waals surface area contributed by atoms with Crippen LogP contribution in [0.2, 0.25) is 0 Å². The number of piperidine rings is 1. The highest BCUT2D eigenvalue weighted by Crippen LogP contribution is 2.48. The summed E-state index contributed by atoms with van der Waals surface area (Å²) in [6.07, 6.45) is -0.598. The Balaban J connectivity index is 1.75. The van der Waals surface area contributed by atoms with E-state index >= 15 is 0 Å². The number of hydrogen-bond acceptors (Lipinski definition) is 8. The number of esters is 1. The molecule has 1 unspecified atom stereocenters. The van der Waals surface area contributed by atoms with Gasteiger partial charge < -0.3 is 28.8 Å². The summed E-state index contributed by atoms with van der Waals surface area (Å²) in [5, 5.41) is 10.9. The summed E-state index contributed by atoms with van der Waals surface area (Å²) < 4.78 is 30.0. The Bertz CT molecular complexity index is 1220. The summed E-state index contributed by atoms with van der Waals surface area (Å²) in [7, 11) is 4.92. The van der Waals surface area contributed by atoms with Crippen molar-refractivity contribution in [1.82, 2.24) is 4.90 Å². The van der Waals surface area contributed by atoms with Crippen LogP contribution in [0.5, 0.6) is 17.2 Å². The molecule has 0 spiro atoms. The largest absolute Gasteiger partial charge is 0.497 e. The van der Waals surface area contributed by atoms with Crippen molar-refractivity contribution < 1.29 is 33.6 Å². The van der Waals surface area contributed by atoms with Crippen LogP contribution in [-0.4, -0.2) is 73.7 Å². The minimum absolute atomic E-state index is 0.163. The van der Waals surface area contributed by atoms with Crippen LogP contribution in [0.25, 0.3) is 0 Å². The molecular weight excluding hydrogens is 534 g/mol. The van der Waals surface area contributed by atoms with Gasteiger partial charge in [-0.05, 0) is 79.8 Å². The van der Waals surface area contributed by atoms with Gasteiger partial charge in [-0.1, -0.05) is 36.4 Å². The number of aliphatic hydroxyl groups is 1. The maximum absolute atomic E-state index is 12.5. The predicted octanol–water partition coefficient (Wildman–Crippen LogP) is 4.94. The predicted molar refractivity (Wildman–Crippen MR) is 159 cm³/mol. The number of carbonyl (C=O) groups is 1. The first-order valence-electron chi connectivity index (χ1n) is 14.5. The van der Waals surface area contributed by atoms with Crippen molar-refractivity contribution in [3.05, 3.63) is 89.5 Å². The summed E-state index contributed by atoms with van der Waals surface area (Å²) in [5.41, 5.74) is 1.49. The first-order chi connectivity index (χ1) is 20.2. The molecule has 2 heterocycles. The number of benzene rings is 3. The van der Waals surface area contributed by atoms with E-state index in [2.05, 4.69) is 18.7 Å². The third-order valence-corrected chi connectivity index (χ3v) is 8.58. The molecule has 224 valence electrons. The van der Waals surface area contributed by atoms with E-state index in [1.165, 1.54) is 6.92 Å². The van der Waals surface area contributed by atoms with E-state index in [0.29, 0.717) is 12.8 Å². The third kappa shape index (κ3) is 5.46. The van der Waals surface area contributed by atoms with Gasteiger partial charge in [0.05, 0.1) is 33.5 Å². The Morgan fingerprint density at radius 2 is 1.12 bits per heavy atom. The Hall–Kier alpha value is -3.59. The van der Waals surface area contributed by atoms with Crippen molar-refractivity contribution in [2.75, 3.05) is 21.3 Å². The lowest BCUT2D eigenvalue weighted by Crippen LogP contribution is -2.51. The molecule has 3 aromatic carbocycles. The molecule has 2 fully saturated rings. The van der Waals surface area contributed by atoms with Crippen LogP contribution in [0.3, 0.4) is 0 Å². The van der Waals surface area contributed by atoms with Gasteiger partial charge in [0.25, 0.3) is 0 Å². The zero-order valence-corrected chi connectivity index (χ0v) is 25.2. The Kier molecular flexibility index (Phi) is 8.78. The molecule has 8 nitrogen and oxygen atoms in total. The molecule has 1 N–H and O–H groups in total. The van der Waals surface area contributed by atoms with Crippen LogP contribution < -0.4 is 14.2 Å². The van der Waals surface area contributed by atoms with E-state index in [9.17, 15) is 9.90 Å². The quantitative estimate of drug-likeness (QED) is 0.269. The van der Waals surface area contributed by atoms with Gasteiger partial charge in [0, 0.05) is 19.0 Å². The molecule has 0 amide bonds. The summed E-state index contributed by atoms with van der Waals surface area (Å²) in [6, 6.07) is 23.4. The molecule has 42 heavy (non-hydrogen) atoms. The monoisotopic (exact) mass is 575 g/mol. The number of ether oxygens (including phenoxy) is 5. The van der Waals surface area contributed by atoms with Gasteiger partial charge in [-0.15, -0.1) is 0 Å². The number of hydrogen-bond donors (Lipinski definition) is 1. The lowest BCUT2D eigenvalue weighted by Gasteiger charge is -2.42. The number of aliphatic hydroxyl groups excluding tert-OH is 1. The van der Waals surface area contributed by atoms with E-state index in [1.807, 2.05) is 72.8 Å². The zero-order valence-electron chi connectivity index (χ0n) is 25.2. The SMILES string of the molecule is COc1ccc(C(O[C@H]2[C@@H](OC(C)=O)[C@@H]3CC(O)C[C@H]2N3C(C)C)(c2ccc(OC)cc2)c2ccc(OC)cc2)cc1. The number of nitrogens with zero attached hydrogens (tertiary/aromatic N) is 1. The summed E-state index contributed by atoms with van der Waals surface area (Å²) >= 11 is 0. The van der Waals surface area contributed by atoms with Crippen molar-refractivity contribution in [3.63, 3.8) is 0 Å². The Morgan fingerprint density at radius 1 is 0.738 bits per heavy atom. The minimum atomic E-state index is -1.13. The molecule has 0 aromatic heterocycles. The average molecular weight is 576 g/mol. The Labute approximate surface area is 248 Å². The van der Waals surface area contributed by atoms with Crippen LogP contribution in [0.1, 0.15) is 50.3 Å². The number of carbonyl (C=O) groups excluding carboxylic acids is 1. The summed E-state index contributed by atoms with van der Waals surface area (Å²) in [6.45, 7) is 5.70. The fraction of sp³-hybridized carbons (Fsp3) is 0.441. The Morgan fingerprint density at radius 3 is 1.45 bits per heavy atom. The van der Waals surface area contributed by atoms with Crippen molar-refractivity contribution in [2.24, 2.45) is 0 Å². The van der Waals surface area contributed by atoms with Crippen molar-refractivity contribution >= 4 is 5.97 Å². The van der Waals surface area contributed by atoms with Gasteiger partial charge in [-0.2, -0.15) is 0 Å². The molecule has 5 rings (SSSR count). The number of methoxy groups -OCH3 is 3. The van der Waals surface area contributed by atoms with Gasteiger partial charge in [0.15, 0.2) is 0 Å². The third-order valence-electron chi connectivity index (χ3n) is 8.58. The van der Waals surface area contributed by atoms with Crippen molar-refractivity contribution in [3.8, 4) is 17.2 Å². The highest BCUT2D eigenvalue weighted by atomic mass is 16.6. The smallest absolute Gasteiger partial charge is 0.303 e. The zero-order chi connectivity index (χ0) is 30.0. The highest BCUT2D eigenvalue weighted by Gasteiger charge is 2.58. The molecule has 3 aromatic rings. The fourth-order valence-corrected chi connectivity index (χ4v) is 6.82. The van der Waals surface area contributed by atoms with Gasteiger partial charge in [0.1, 0.15) is 35.1 Å². The van der Waals surface area contributed by atoms with Gasteiger partial charge >= 0.3 is 5.97 Å². The minimum Gasteiger partial charge on any atom is -0.497 e. The van der Waals surface area contributed by atoms with E-state index < -0.39 is 23.9 Å². The molecule has 2 bridgehead atoms. The highest BCUT2D eigenvalue weighted by molar-refractivity contribution is 5.66. The average Bonchev–Trinajstić information content (AvgIpc) is 3.19. The van der Waals surface area contributed by atoms with E-state index in [1.54, 1.807) is 21.3 Å². The summed E-state index contributed by atoms with van der Waals surface area (Å²) in [4.78, 5) is 14.8. The lowest BCUT2D eigenvalue weighted by atomic mass is 9.79. The first kappa shape index (κ1) is 29.9.